The number of nitrogens with one attached hydrogen (secondary N) is 4. The molecule has 4 N–H and O–H groups in total. The van der Waals surface area contributed by atoms with Gasteiger partial charge in [0.15, 0.2) is 4.34 Å². The van der Waals surface area contributed by atoms with Gasteiger partial charge >= 0.3 is 6.03 Å². The van der Waals surface area contributed by atoms with Crippen LogP contribution in [0.2, 0.25) is 0 Å². The van der Waals surface area contributed by atoms with Gasteiger partial charge < -0.3 is 15.0 Å². The monoisotopic (exact) mass is 469 g/mol. The fourth-order valence-electron chi connectivity index (χ4n) is 2.72. The van der Waals surface area contributed by atoms with Gasteiger partial charge in [0.2, 0.25) is 17.0 Å². The Balaban J connectivity index is 1.35. The molecule has 0 radical (unpaired) electrons. The lowest BCUT2D eigenvalue weighted by Gasteiger charge is -2.08. The number of rotatable bonds is 7. The molecule has 0 atom stereocenters. The van der Waals surface area contributed by atoms with Gasteiger partial charge in [-0.15, -0.1) is 10.2 Å². The minimum atomic E-state index is -0.400. The summed E-state index contributed by atoms with van der Waals surface area (Å²) in [4.78, 5) is 30.6. The van der Waals surface area contributed by atoms with Crippen molar-refractivity contribution in [2.24, 2.45) is 0 Å². The van der Waals surface area contributed by atoms with Crippen LogP contribution in [0.5, 0.6) is 11.5 Å². The molecule has 10 nitrogen and oxygen atoms in total. The van der Waals surface area contributed by atoms with E-state index < -0.39 is 6.03 Å². The van der Waals surface area contributed by atoms with Crippen molar-refractivity contribution in [2.75, 3.05) is 21.7 Å². The molecule has 2 aromatic heterocycles. The minimum absolute atomic E-state index is 0.202. The maximum atomic E-state index is 12.2. The van der Waals surface area contributed by atoms with E-state index in [0.717, 1.165) is 15.6 Å². The number of aromatic amines is 1. The van der Waals surface area contributed by atoms with Crippen molar-refractivity contribution in [3.05, 3.63) is 42.5 Å². The smallest absolute Gasteiger partial charge is 0.325 e. The average molecular weight is 470 g/mol. The molecule has 0 saturated heterocycles. The van der Waals surface area contributed by atoms with Crippen LogP contribution in [0.1, 0.15) is 13.8 Å². The predicted octanol–water partition coefficient (Wildman–Crippen LogP) is 4.92. The van der Waals surface area contributed by atoms with Crippen LogP contribution in [0, 0.1) is 0 Å². The Morgan fingerprint density at radius 2 is 1.84 bits per heavy atom. The predicted molar refractivity (Wildman–Crippen MR) is 126 cm³/mol. The third-order valence-corrected chi connectivity index (χ3v) is 5.84. The number of amides is 3. The number of hydrogen-bond acceptors (Lipinski definition) is 8. The van der Waals surface area contributed by atoms with Gasteiger partial charge in [-0.3, -0.25) is 15.4 Å². The van der Waals surface area contributed by atoms with Crippen molar-refractivity contribution in [1.82, 2.24) is 20.2 Å². The van der Waals surface area contributed by atoms with Gasteiger partial charge in [-0.2, -0.15) is 0 Å². The van der Waals surface area contributed by atoms with Crippen LogP contribution in [0.25, 0.3) is 11.0 Å². The molecule has 0 spiro atoms. The molecule has 3 amide bonds. The number of fused-ring (bicyclic) bond motifs is 1. The molecule has 0 fully saturated rings. The van der Waals surface area contributed by atoms with E-state index in [2.05, 4.69) is 36.1 Å². The van der Waals surface area contributed by atoms with E-state index >= 15 is 0 Å². The van der Waals surface area contributed by atoms with Crippen LogP contribution in [0.4, 0.5) is 21.6 Å². The first-order valence-corrected chi connectivity index (χ1v) is 11.4. The molecule has 12 heteroatoms. The molecule has 0 saturated carbocycles. The lowest BCUT2D eigenvalue weighted by Crippen LogP contribution is -2.19. The first-order valence-electron chi connectivity index (χ1n) is 9.58. The third kappa shape index (κ3) is 5.53. The standard InChI is InChI=1S/C20H19N7O3S2/c1-3-31-20-27-26-19(32-20)25-18(29)22-12-4-6-13(7-5-12)30-14-8-9-15-16(10-14)24-17(23-15)21-11(2)28/h4-10H,3H2,1-2H3,(H2,21,23,24,28)(H2,22,25,26,29). The largest absolute Gasteiger partial charge is 0.457 e. The number of benzene rings is 2. The number of thioether (sulfide) groups is 1. The quantitative estimate of drug-likeness (QED) is 0.223. The van der Waals surface area contributed by atoms with Crippen LogP contribution >= 0.6 is 23.1 Å². The maximum Gasteiger partial charge on any atom is 0.325 e. The molecule has 0 aliphatic carbocycles. The minimum Gasteiger partial charge on any atom is -0.457 e. The van der Waals surface area contributed by atoms with Gasteiger partial charge in [0.1, 0.15) is 11.5 Å². The molecule has 0 aliphatic rings. The summed E-state index contributed by atoms with van der Waals surface area (Å²) in [7, 11) is 0. The molecule has 164 valence electrons. The number of nitrogens with zero attached hydrogens (tertiary/aromatic N) is 3. The van der Waals surface area contributed by atoms with Crippen LogP contribution in [0.15, 0.2) is 46.8 Å². The first kappa shape index (κ1) is 21.6. The molecular formula is C20H19N7O3S2. The van der Waals surface area contributed by atoms with Gasteiger partial charge in [0.25, 0.3) is 0 Å². The van der Waals surface area contributed by atoms with Crippen LogP contribution < -0.4 is 20.7 Å². The molecule has 0 unspecified atom stereocenters. The number of anilines is 3. The Bertz CT molecular complexity index is 1250. The van der Waals surface area contributed by atoms with Gasteiger partial charge in [-0.05, 0) is 42.2 Å². The summed E-state index contributed by atoms with van der Waals surface area (Å²) in [6.45, 7) is 3.45. The normalized spacial score (nSPS) is 10.7. The second-order valence-corrected chi connectivity index (χ2v) is 8.95. The van der Waals surface area contributed by atoms with E-state index in [-0.39, 0.29) is 5.91 Å². The summed E-state index contributed by atoms with van der Waals surface area (Å²) in [6, 6.07) is 11.9. The highest BCUT2D eigenvalue weighted by molar-refractivity contribution is 8.01. The van der Waals surface area contributed by atoms with Crippen LogP contribution in [-0.2, 0) is 4.79 Å². The van der Waals surface area contributed by atoms with Crippen molar-refractivity contribution in [3.8, 4) is 11.5 Å². The van der Waals surface area contributed by atoms with Gasteiger partial charge in [0, 0.05) is 18.7 Å². The van der Waals surface area contributed by atoms with E-state index in [1.54, 1.807) is 54.2 Å². The van der Waals surface area contributed by atoms with E-state index in [1.165, 1.54) is 18.3 Å². The molecule has 32 heavy (non-hydrogen) atoms. The lowest BCUT2D eigenvalue weighted by atomic mass is 10.3. The van der Waals surface area contributed by atoms with E-state index in [0.29, 0.717) is 33.8 Å². The third-order valence-electron chi connectivity index (χ3n) is 3.99. The highest BCUT2D eigenvalue weighted by atomic mass is 32.2. The fraction of sp³-hybridized carbons (Fsp3) is 0.150. The van der Waals surface area contributed by atoms with Crippen molar-refractivity contribution in [1.29, 1.82) is 0 Å². The second kappa shape index (κ2) is 9.66. The van der Waals surface area contributed by atoms with E-state index in [4.69, 9.17) is 4.74 Å². The Kier molecular flexibility index (Phi) is 6.52. The average Bonchev–Trinajstić information content (AvgIpc) is 3.35. The summed E-state index contributed by atoms with van der Waals surface area (Å²) < 4.78 is 6.69. The SMILES string of the molecule is CCSc1nnc(NC(=O)Nc2ccc(Oc3ccc4nc(NC(C)=O)[nH]c4c3)cc2)s1. The Morgan fingerprint density at radius 1 is 1.06 bits per heavy atom. The topological polar surface area (TPSA) is 134 Å². The first-order chi connectivity index (χ1) is 15.5. The van der Waals surface area contributed by atoms with E-state index in [9.17, 15) is 9.59 Å². The Morgan fingerprint density at radius 3 is 2.59 bits per heavy atom. The summed E-state index contributed by atoms with van der Waals surface area (Å²) in [5.41, 5.74) is 2.05. The summed E-state index contributed by atoms with van der Waals surface area (Å²) >= 11 is 2.90. The zero-order valence-electron chi connectivity index (χ0n) is 17.1. The fourth-order valence-corrected chi connectivity index (χ4v) is 4.37. The summed E-state index contributed by atoms with van der Waals surface area (Å²) in [5.74, 6) is 2.27. The van der Waals surface area contributed by atoms with Gasteiger partial charge in [-0.1, -0.05) is 30.0 Å². The second-order valence-electron chi connectivity index (χ2n) is 6.46. The lowest BCUT2D eigenvalue weighted by molar-refractivity contribution is -0.114. The molecule has 2 heterocycles. The number of carbonyl (C=O) groups is 2. The van der Waals surface area contributed by atoms with Crippen LogP contribution in [0.3, 0.4) is 0 Å². The van der Waals surface area contributed by atoms with Crippen molar-refractivity contribution >= 4 is 62.8 Å². The summed E-state index contributed by atoms with van der Waals surface area (Å²) in [5, 5.41) is 16.4. The number of urea groups is 1. The molecular weight excluding hydrogens is 450 g/mol. The van der Waals surface area contributed by atoms with Crippen LogP contribution in [-0.4, -0.2) is 37.9 Å². The number of aromatic nitrogens is 4. The number of ether oxygens (including phenoxy) is 1. The number of imidazole rings is 1. The molecule has 2 aromatic carbocycles. The maximum absolute atomic E-state index is 12.2. The van der Waals surface area contributed by atoms with Gasteiger partial charge in [0.05, 0.1) is 11.0 Å². The molecule has 0 bridgehead atoms. The van der Waals surface area contributed by atoms with Crippen molar-refractivity contribution < 1.29 is 14.3 Å². The van der Waals surface area contributed by atoms with Crippen molar-refractivity contribution in [3.63, 3.8) is 0 Å². The Hall–Kier alpha value is -3.64. The highest BCUT2D eigenvalue weighted by Crippen LogP contribution is 2.27. The number of H-pyrrole nitrogens is 1. The summed E-state index contributed by atoms with van der Waals surface area (Å²) in [6.07, 6.45) is 0. The molecule has 0 aliphatic heterocycles. The number of hydrogen-bond donors (Lipinski definition) is 4. The zero-order valence-corrected chi connectivity index (χ0v) is 18.8. The highest BCUT2D eigenvalue weighted by Gasteiger charge is 2.09. The Labute approximate surface area is 191 Å². The van der Waals surface area contributed by atoms with Crippen molar-refractivity contribution in [2.45, 2.75) is 18.2 Å². The zero-order chi connectivity index (χ0) is 22.5. The number of carbonyl (C=O) groups excluding carboxylic acids is 2. The molecule has 4 aromatic rings. The van der Waals surface area contributed by atoms with Gasteiger partial charge in [-0.25, -0.2) is 9.78 Å². The van der Waals surface area contributed by atoms with E-state index in [1.807, 2.05) is 6.92 Å². The molecule has 4 rings (SSSR count).